The van der Waals surface area contributed by atoms with Crippen LogP contribution < -0.4 is 5.32 Å². The molecule has 1 aromatic heterocycles. The zero-order chi connectivity index (χ0) is 15.1. The number of hydrogen-bond acceptors (Lipinski definition) is 3. The third-order valence-electron chi connectivity index (χ3n) is 3.39. The fourth-order valence-electron chi connectivity index (χ4n) is 2.35. The Morgan fingerprint density at radius 2 is 2.14 bits per heavy atom. The molecular formula is C16H22N2O3. The van der Waals surface area contributed by atoms with Gasteiger partial charge in [0.1, 0.15) is 0 Å². The summed E-state index contributed by atoms with van der Waals surface area (Å²) in [6.45, 7) is 3.51. The van der Waals surface area contributed by atoms with E-state index in [0.717, 1.165) is 28.6 Å². The lowest BCUT2D eigenvalue weighted by Crippen LogP contribution is -2.27. The molecule has 0 aliphatic heterocycles. The number of nitrogens with one attached hydrogen (secondary N) is 2. The van der Waals surface area contributed by atoms with Crippen molar-refractivity contribution in [3.8, 4) is 0 Å². The van der Waals surface area contributed by atoms with Gasteiger partial charge < -0.3 is 20.1 Å². The van der Waals surface area contributed by atoms with Crippen LogP contribution in [0.3, 0.4) is 0 Å². The number of ether oxygens (including phenoxy) is 1. The second-order valence-corrected chi connectivity index (χ2v) is 4.99. The first-order chi connectivity index (χ1) is 10.2. The number of hydrogen-bond donors (Lipinski definition) is 3. The zero-order valence-corrected chi connectivity index (χ0v) is 12.3. The first kappa shape index (κ1) is 15.5. The maximum atomic E-state index is 12.0. The normalized spacial score (nSPS) is 11.0. The molecule has 1 heterocycles. The number of amides is 1. The van der Waals surface area contributed by atoms with Crippen molar-refractivity contribution in [2.75, 3.05) is 26.4 Å². The van der Waals surface area contributed by atoms with Gasteiger partial charge in [-0.05, 0) is 25.0 Å². The van der Waals surface area contributed by atoms with E-state index in [1.807, 2.05) is 31.2 Å². The number of aromatic nitrogens is 1. The van der Waals surface area contributed by atoms with Gasteiger partial charge in [0.25, 0.3) is 0 Å². The lowest BCUT2D eigenvalue weighted by Gasteiger charge is -2.06. The highest BCUT2D eigenvalue weighted by molar-refractivity contribution is 5.90. The van der Waals surface area contributed by atoms with Gasteiger partial charge >= 0.3 is 0 Å². The molecule has 0 unspecified atom stereocenters. The van der Waals surface area contributed by atoms with Crippen LogP contribution in [0.25, 0.3) is 10.9 Å². The van der Waals surface area contributed by atoms with Gasteiger partial charge in [0.15, 0.2) is 0 Å². The molecule has 2 aromatic rings. The number of fused-ring (bicyclic) bond motifs is 1. The molecule has 0 radical (unpaired) electrons. The number of H-pyrrole nitrogens is 1. The van der Waals surface area contributed by atoms with Crippen molar-refractivity contribution in [3.05, 3.63) is 35.5 Å². The van der Waals surface area contributed by atoms with Gasteiger partial charge in [0, 0.05) is 29.7 Å². The highest BCUT2D eigenvalue weighted by Crippen LogP contribution is 2.22. The standard InChI is InChI=1S/C16H22N2O3/c1-12-14(13-5-2-3-6-15(13)18-12)11-16(20)17-7-4-9-21-10-8-19/h2-3,5-6,18-19H,4,7-11H2,1H3,(H,17,20). The van der Waals surface area contributed by atoms with Gasteiger partial charge in [-0.2, -0.15) is 0 Å². The summed E-state index contributed by atoms with van der Waals surface area (Å²) in [5.41, 5.74) is 3.16. The van der Waals surface area contributed by atoms with Crippen LogP contribution >= 0.6 is 0 Å². The summed E-state index contributed by atoms with van der Waals surface area (Å²) < 4.78 is 5.14. The topological polar surface area (TPSA) is 74.4 Å². The van der Waals surface area contributed by atoms with Gasteiger partial charge in [0.2, 0.25) is 5.91 Å². The largest absolute Gasteiger partial charge is 0.394 e. The van der Waals surface area contributed by atoms with Gasteiger partial charge in [-0.15, -0.1) is 0 Å². The second-order valence-electron chi connectivity index (χ2n) is 4.99. The number of rotatable bonds is 8. The SMILES string of the molecule is Cc1[nH]c2ccccc2c1CC(=O)NCCCOCCO. The Morgan fingerprint density at radius 3 is 2.95 bits per heavy atom. The number of aromatic amines is 1. The average molecular weight is 290 g/mol. The maximum Gasteiger partial charge on any atom is 0.224 e. The number of carbonyl (C=O) groups excluding carboxylic acids is 1. The van der Waals surface area contributed by atoms with Crippen molar-refractivity contribution in [1.29, 1.82) is 0 Å². The van der Waals surface area contributed by atoms with Crippen molar-refractivity contribution in [3.63, 3.8) is 0 Å². The van der Waals surface area contributed by atoms with E-state index < -0.39 is 0 Å². The fraction of sp³-hybridized carbons (Fsp3) is 0.438. The number of carbonyl (C=O) groups is 1. The van der Waals surface area contributed by atoms with E-state index in [9.17, 15) is 4.79 Å². The van der Waals surface area contributed by atoms with Crippen molar-refractivity contribution in [2.45, 2.75) is 19.8 Å². The molecular weight excluding hydrogens is 268 g/mol. The Labute approximate surface area is 124 Å². The lowest BCUT2D eigenvalue weighted by atomic mass is 10.1. The number of aryl methyl sites for hydroxylation is 1. The molecule has 0 saturated carbocycles. The monoisotopic (exact) mass is 290 g/mol. The molecule has 1 amide bonds. The van der Waals surface area contributed by atoms with Crippen LogP contribution in [0.5, 0.6) is 0 Å². The van der Waals surface area contributed by atoms with Crippen LogP contribution in [-0.4, -0.2) is 42.4 Å². The summed E-state index contributed by atoms with van der Waals surface area (Å²) >= 11 is 0. The first-order valence-corrected chi connectivity index (χ1v) is 7.24. The Balaban J connectivity index is 1.83. The minimum absolute atomic E-state index is 0.0185. The van der Waals surface area contributed by atoms with E-state index in [0.29, 0.717) is 26.2 Å². The summed E-state index contributed by atoms with van der Waals surface area (Å²) in [7, 11) is 0. The molecule has 1 aromatic carbocycles. The van der Waals surface area contributed by atoms with Crippen LogP contribution in [0.15, 0.2) is 24.3 Å². The van der Waals surface area contributed by atoms with Crippen LogP contribution in [0.1, 0.15) is 17.7 Å². The molecule has 0 spiro atoms. The highest BCUT2D eigenvalue weighted by Gasteiger charge is 2.11. The molecule has 5 heteroatoms. The lowest BCUT2D eigenvalue weighted by molar-refractivity contribution is -0.120. The van der Waals surface area contributed by atoms with E-state index >= 15 is 0 Å². The number of aliphatic hydroxyl groups is 1. The van der Waals surface area contributed by atoms with Crippen molar-refractivity contribution >= 4 is 16.8 Å². The molecule has 114 valence electrons. The van der Waals surface area contributed by atoms with Crippen LogP contribution in [0, 0.1) is 6.92 Å². The van der Waals surface area contributed by atoms with Crippen molar-refractivity contribution in [1.82, 2.24) is 10.3 Å². The van der Waals surface area contributed by atoms with E-state index in [-0.39, 0.29) is 12.5 Å². The van der Waals surface area contributed by atoms with Gasteiger partial charge in [0.05, 0.1) is 19.6 Å². The Bertz CT molecular complexity index is 592. The fourth-order valence-corrected chi connectivity index (χ4v) is 2.35. The van der Waals surface area contributed by atoms with E-state index in [1.54, 1.807) is 0 Å². The highest BCUT2D eigenvalue weighted by atomic mass is 16.5. The molecule has 2 rings (SSSR count). The van der Waals surface area contributed by atoms with Crippen LogP contribution in [0.2, 0.25) is 0 Å². The Morgan fingerprint density at radius 1 is 1.33 bits per heavy atom. The van der Waals surface area contributed by atoms with Crippen molar-refractivity contribution in [2.24, 2.45) is 0 Å². The van der Waals surface area contributed by atoms with Crippen LogP contribution in [0.4, 0.5) is 0 Å². The van der Waals surface area contributed by atoms with Gasteiger partial charge in [-0.1, -0.05) is 18.2 Å². The molecule has 3 N–H and O–H groups in total. The number of para-hydroxylation sites is 1. The van der Waals surface area contributed by atoms with E-state index in [2.05, 4.69) is 10.3 Å². The molecule has 0 aliphatic carbocycles. The van der Waals surface area contributed by atoms with E-state index in [4.69, 9.17) is 9.84 Å². The zero-order valence-electron chi connectivity index (χ0n) is 12.3. The first-order valence-electron chi connectivity index (χ1n) is 7.24. The third kappa shape index (κ3) is 4.31. The molecule has 21 heavy (non-hydrogen) atoms. The minimum atomic E-state index is 0.0185. The molecule has 5 nitrogen and oxygen atoms in total. The summed E-state index contributed by atoms with van der Waals surface area (Å²) in [5, 5.41) is 12.6. The summed E-state index contributed by atoms with van der Waals surface area (Å²) in [6.07, 6.45) is 1.13. The maximum absolute atomic E-state index is 12.0. The van der Waals surface area contributed by atoms with Crippen LogP contribution in [-0.2, 0) is 16.0 Å². The summed E-state index contributed by atoms with van der Waals surface area (Å²) in [5.74, 6) is 0.0185. The molecule has 0 saturated heterocycles. The molecule has 0 aliphatic rings. The second kappa shape index (κ2) is 7.81. The summed E-state index contributed by atoms with van der Waals surface area (Å²) in [4.78, 5) is 15.3. The summed E-state index contributed by atoms with van der Waals surface area (Å²) in [6, 6.07) is 8.01. The van der Waals surface area contributed by atoms with Gasteiger partial charge in [-0.25, -0.2) is 0 Å². The van der Waals surface area contributed by atoms with Crippen molar-refractivity contribution < 1.29 is 14.6 Å². The molecule has 0 fully saturated rings. The molecule has 0 bridgehead atoms. The predicted molar refractivity (Wildman–Crippen MR) is 82.3 cm³/mol. The number of benzene rings is 1. The van der Waals surface area contributed by atoms with E-state index in [1.165, 1.54) is 0 Å². The smallest absolute Gasteiger partial charge is 0.224 e. The predicted octanol–water partition coefficient (Wildman–Crippen LogP) is 1.53. The average Bonchev–Trinajstić information content (AvgIpc) is 2.79. The van der Waals surface area contributed by atoms with Gasteiger partial charge in [-0.3, -0.25) is 4.79 Å². The minimum Gasteiger partial charge on any atom is -0.394 e. The third-order valence-corrected chi connectivity index (χ3v) is 3.39. The Kier molecular flexibility index (Phi) is 5.78. The quantitative estimate of drug-likeness (QED) is 0.646. The molecule has 0 atom stereocenters. The Hall–Kier alpha value is -1.85. The number of aliphatic hydroxyl groups excluding tert-OH is 1.